The molecule has 3 nitrogen and oxygen atoms in total. The highest BCUT2D eigenvalue weighted by atomic mass is 16.5. The van der Waals surface area contributed by atoms with Crippen molar-refractivity contribution < 1.29 is 4.74 Å². The zero-order chi connectivity index (χ0) is 11.2. The van der Waals surface area contributed by atoms with Gasteiger partial charge in [0.05, 0.1) is 6.10 Å². The Morgan fingerprint density at radius 2 is 2.06 bits per heavy atom. The Morgan fingerprint density at radius 3 is 2.75 bits per heavy atom. The summed E-state index contributed by atoms with van der Waals surface area (Å²) in [6.07, 6.45) is 7.16. The molecule has 0 aliphatic carbocycles. The molecule has 2 fully saturated rings. The van der Waals surface area contributed by atoms with Crippen LogP contribution in [0.2, 0.25) is 0 Å². The first kappa shape index (κ1) is 12.3. The molecule has 0 saturated carbocycles. The fourth-order valence-electron chi connectivity index (χ4n) is 2.73. The Labute approximate surface area is 99.5 Å². The van der Waals surface area contributed by atoms with Crippen LogP contribution in [0, 0.1) is 0 Å². The molecule has 2 atom stereocenters. The van der Waals surface area contributed by atoms with Crippen LogP contribution in [-0.4, -0.2) is 49.8 Å². The summed E-state index contributed by atoms with van der Waals surface area (Å²) in [5, 5.41) is 3.61. The Balaban J connectivity index is 1.57. The zero-order valence-corrected chi connectivity index (χ0v) is 10.6. The number of hydrogen-bond donors (Lipinski definition) is 1. The van der Waals surface area contributed by atoms with Gasteiger partial charge in [0, 0.05) is 25.7 Å². The van der Waals surface area contributed by atoms with E-state index in [0.717, 1.165) is 13.2 Å². The SMILES string of the molecule is CC(CN1CCCCC1)NC[C@@H]1CCCO1. The van der Waals surface area contributed by atoms with Crippen molar-refractivity contribution in [1.29, 1.82) is 0 Å². The maximum atomic E-state index is 5.62. The maximum absolute atomic E-state index is 5.62. The predicted octanol–water partition coefficient (Wildman–Crippen LogP) is 1.63. The molecule has 0 spiro atoms. The Hall–Kier alpha value is -0.120. The Morgan fingerprint density at radius 1 is 1.25 bits per heavy atom. The van der Waals surface area contributed by atoms with Gasteiger partial charge in [0.15, 0.2) is 0 Å². The predicted molar refractivity (Wildman–Crippen MR) is 66.7 cm³/mol. The highest BCUT2D eigenvalue weighted by Gasteiger charge is 2.17. The Kier molecular flexibility index (Phi) is 5.07. The van der Waals surface area contributed by atoms with E-state index in [-0.39, 0.29) is 0 Å². The summed E-state index contributed by atoms with van der Waals surface area (Å²) in [4.78, 5) is 2.59. The lowest BCUT2D eigenvalue weighted by molar-refractivity contribution is 0.105. The van der Waals surface area contributed by atoms with Crippen molar-refractivity contribution in [3.8, 4) is 0 Å². The number of nitrogens with one attached hydrogen (secondary N) is 1. The molecule has 0 bridgehead atoms. The van der Waals surface area contributed by atoms with E-state index >= 15 is 0 Å². The van der Waals surface area contributed by atoms with Gasteiger partial charge in [-0.25, -0.2) is 0 Å². The quantitative estimate of drug-likeness (QED) is 0.771. The molecule has 1 unspecified atom stereocenters. The minimum Gasteiger partial charge on any atom is -0.377 e. The van der Waals surface area contributed by atoms with Crippen LogP contribution in [0.4, 0.5) is 0 Å². The van der Waals surface area contributed by atoms with Crippen molar-refractivity contribution in [2.24, 2.45) is 0 Å². The van der Waals surface area contributed by atoms with Crippen LogP contribution in [0.25, 0.3) is 0 Å². The largest absolute Gasteiger partial charge is 0.377 e. The normalized spacial score (nSPS) is 29.4. The minimum absolute atomic E-state index is 0.476. The number of ether oxygens (including phenoxy) is 1. The van der Waals surface area contributed by atoms with Gasteiger partial charge in [-0.1, -0.05) is 6.42 Å². The molecule has 0 aromatic carbocycles. The van der Waals surface area contributed by atoms with Crippen LogP contribution in [-0.2, 0) is 4.74 Å². The lowest BCUT2D eigenvalue weighted by atomic mass is 10.1. The monoisotopic (exact) mass is 226 g/mol. The standard InChI is InChI=1S/C13H26N2O/c1-12(11-15-7-3-2-4-8-15)14-10-13-6-5-9-16-13/h12-14H,2-11H2,1H3/t12?,13-/m0/s1. The molecular weight excluding hydrogens is 200 g/mol. The molecule has 2 rings (SSSR count). The van der Waals surface area contributed by atoms with Crippen molar-refractivity contribution in [2.75, 3.05) is 32.8 Å². The average molecular weight is 226 g/mol. The zero-order valence-electron chi connectivity index (χ0n) is 10.6. The van der Waals surface area contributed by atoms with Crippen LogP contribution in [0.3, 0.4) is 0 Å². The van der Waals surface area contributed by atoms with Crippen molar-refractivity contribution in [2.45, 2.75) is 51.2 Å². The lowest BCUT2D eigenvalue weighted by Gasteiger charge is -2.29. The first-order valence-corrected chi connectivity index (χ1v) is 6.92. The third kappa shape index (κ3) is 4.04. The van der Waals surface area contributed by atoms with Gasteiger partial charge >= 0.3 is 0 Å². The smallest absolute Gasteiger partial charge is 0.0700 e. The van der Waals surface area contributed by atoms with Gasteiger partial charge in [-0.05, 0) is 45.7 Å². The van der Waals surface area contributed by atoms with Gasteiger partial charge < -0.3 is 15.0 Å². The molecule has 0 radical (unpaired) electrons. The highest BCUT2D eigenvalue weighted by molar-refractivity contribution is 4.74. The third-order valence-electron chi connectivity index (χ3n) is 3.70. The van der Waals surface area contributed by atoms with Crippen LogP contribution >= 0.6 is 0 Å². The highest BCUT2D eigenvalue weighted by Crippen LogP contribution is 2.11. The number of likely N-dealkylation sites (tertiary alicyclic amines) is 1. The fraction of sp³-hybridized carbons (Fsp3) is 1.00. The molecule has 2 saturated heterocycles. The molecule has 2 heterocycles. The molecule has 94 valence electrons. The fourth-order valence-corrected chi connectivity index (χ4v) is 2.73. The van der Waals surface area contributed by atoms with Crippen molar-refractivity contribution in [1.82, 2.24) is 10.2 Å². The molecule has 0 aromatic rings. The second-order valence-corrected chi connectivity index (χ2v) is 5.31. The van der Waals surface area contributed by atoms with Crippen LogP contribution in [0.15, 0.2) is 0 Å². The van der Waals surface area contributed by atoms with Crippen molar-refractivity contribution >= 4 is 0 Å². The van der Waals surface area contributed by atoms with Gasteiger partial charge in [0.25, 0.3) is 0 Å². The average Bonchev–Trinajstić information content (AvgIpc) is 2.81. The van der Waals surface area contributed by atoms with Gasteiger partial charge in [0.2, 0.25) is 0 Å². The van der Waals surface area contributed by atoms with Gasteiger partial charge in [-0.3, -0.25) is 0 Å². The summed E-state index contributed by atoms with van der Waals surface area (Å²) < 4.78 is 5.62. The van der Waals surface area contributed by atoms with Gasteiger partial charge in [-0.15, -0.1) is 0 Å². The first-order chi connectivity index (χ1) is 7.84. The summed E-state index contributed by atoms with van der Waals surface area (Å²) >= 11 is 0. The minimum atomic E-state index is 0.476. The molecule has 0 aromatic heterocycles. The summed E-state index contributed by atoms with van der Waals surface area (Å²) in [6, 6.07) is 0.599. The molecule has 2 aliphatic heterocycles. The van der Waals surface area contributed by atoms with E-state index in [0.29, 0.717) is 12.1 Å². The van der Waals surface area contributed by atoms with Crippen LogP contribution in [0.1, 0.15) is 39.0 Å². The summed E-state index contributed by atoms with van der Waals surface area (Å²) in [5.41, 5.74) is 0. The molecule has 2 aliphatic rings. The van der Waals surface area contributed by atoms with Gasteiger partial charge in [0.1, 0.15) is 0 Å². The number of hydrogen-bond acceptors (Lipinski definition) is 3. The van der Waals surface area contributed by atoms with Crippen molar-refractivity contribution in [3.63, 3.8) is 0 Å². The number of nitrogens with zero attached hydrogens (tertiary/aromatic N) is 1. The van der Waals surface area contributed by atoms with E-state index in [2.05, 4.69) is 17.1 Å². The van der Waals surface area contributed by atoms with E-state index < -0.39 is 0 Å². The van der Waals surface area contributed by atoms with E-state index in [1.54, 1.807) is 0 Å². The summed E-state index contributed by atoms with van der Waals surface area (Å²) in [7, 11) is 0. The molecule has 0 amide bonds. The Bertz CT molecular complexity index is 186. The summed E-state index contributed by atoms with van der Waals surface area (Å²) in [6.45, 7) is 8.09. The van der Waals surface area contributed by atoms with Crippen LogP contribution in [0.5, 0.6) is 0 Å². The van der Waals surface area contributed by atoms with Crippen LogP contribution < -0.4 is 5.32 Å². The molecule has 1 N–H and O–H groups in total. The van der Waals surface area contributed by atoms with E-state index in [1.165, 1.54) is 51.7 Å². The molecule has 16 heavy (non-hydrogen) atoms. The number of piperidine rings is 1. The van der Waals surface area contributed by atoms with Crippen molar-refractivity contribution in [3.05, 3.63) is 0 Å². The van der Waals surface area contributed by atoms with E-state index in [1.807, 2.05) is 0 Å². The summed E-state index contributed by atoms with van der Waals surface area (Å²) in [5.74, 6) is 0. The molecule has 3 heteroatoms. The lowest BCUT2D eigenvalue weighted by Crippen LogP contribution is -2.43. The molecular formula is C13H26N2O. The first-order valence-electron chi connectivity index (χ1n) is 6.92. The van der Waals surface area contributed by atoms with E-state index in [4.69, 9.17) is 4.74 Å². The second kappa shape index (κ2) is 6.58. The van der Waals surface area contributed by atoms with Gasteiger partial charge in [-0.2, -0.15) is 0 Å². The second-order valence-electron chi connectivity index (χ2n) is 5.31. The maximum Gasteiger partial charge on any atom is 0.0700 e. The number of rotatable bonds is 5. The third-order valence-corrected chi connectivity index (χ3v) is 3.70. The topological polar surface area (TPSA) is 24.5 Å². The van der Waals surface area contributed by atoms with E-state index in [9.17, 15) is 0 Å².